The molecule has 1 atom stereocenters. The second-order valence-corrected chi connectivity index (χ2v) is 4.81. The van der Waals surface area contributed by atoms with E-state index >= 15 is 0 Å². The highest BCUT2D eigenvalue weighted by molar-refractivity contribution is 5.29. The first-order chi connectivity index (χ1) is 9.83. The van der Waals surface area contributed by atoms with Crippen LogP contribution in [-0.2, 0) is 6.42 Å². The molecular weight excluding hydrogens is 248 g/mol. The van der Waals surface area contributed by atoms with Gasteiger partial charge in [0.15, 0.2) is 0 Å². The van der Waals surface area contributed by atoms with Crippen LogP contribution in [0.2, 0.25) is 0 Å². The van der Waals surface area contributed by atoms with E-state index in [9.17, 15) is 0 Å². The lowest BCUT2D eigenvalue weighted by molar-refractivity contribution is 0.414. The summed E-state index contributed by atoms with van der Waals surface area (Å²) < 4.78 is 5.22. The molecule has 3 nitrogen and oxygen atoms in total. The van der Waals surface area contributed by atoms with E-state index < -0.39 is 0 Å². The van der Waals surface area contributed by atoms with Crippen molar-refractivity contribution in [3.63, 3.8) is 0 Å². The number of nitrogens with one attached hydrogen (secondary N) is 1. The minimum absolute atomic E-state index is 0.288. The monoisotopic (exact) mass is 270 g/mol. The SMILES string of the molecule is CCCNC(Cc1ccccn1)c1ccc(OC)cc1. The highest BCUT2D eigenvalue weighted by atomic mass is 16.5. The van der Waals surface area contributed by atoms with Crippen molar-refractivity contribution in [2.75, 3.05) is 13.7 Å². The second kappa shape index (κ2) is 7.65. The van der Waals surface area contributed by atoms with Gasteiger partial charge >= 0.3 is 0 Å². The molecular formula is C17H22N2O. The Balaban J connectivity index is 2.13. The molecule has 0 radical (unpaired) electrons. The third-order valence-electron chi connectivity index (χ3n) is 3.30. The van der Waals surface area contributed by atoms with E-state index in [1.165, 1.54) is 5.56 Å². The molecule has 1 heterocycles. The van der Waals surface area contributed by atoms with E-state index in [2.05, 4.69) is 35.4 Å². The molecule has 0 aliphatic carbocycles. The lowest BCUT2D eigenvalue weighted by Crippen LogP contribution is -2.24. The van der Waals surface area contributed by atoms with E-state index in [1.807, 2.05) is 30.5 Å². The summed E-state index contributed by atoms with van der Waals surface area (Å²) in [5.74, 6) is 0.890. The van der Waals surface area contributed by atoms with Gasteiger partial charge in [0.1, 0.15) is 5.75 Å². The molecule has 0 amide bonds. The van der Waals surface area contributed by atoms with Gasteiger partial charge in [-0.3, -0.25) is 4.98 Å². The number of rotatable bonds is 7. The van der Waals surface area contributed by atoms with Crippen LogP contribution in [0.5, 0.6) is 5.75 Å². The minimum Gasteiger partial charge on any atom is -0.497 e. The zero-order chi connectivity index (χ0) is 14.2. The van der Waals surface area contributed by atoms with E-state index in [0.717, 1.165) is 30.8 Å². The number of benzene rings is 1. The van der Waals surface area contributed by atoms with E-state index in [-0.39, 0.29) is 6.04 Å². The van der Waals surface area contributed by atoms with Crippen molar-refractivity contribution >= 4 is 0 Å². The first-order valence-electron chi connectivity index (χ1n) is 7.10. The van der Waals surface area contributed by atoms with Crippen LogP contribution in [0.25, 0.3) is 0 Å². The Kier molecular flexibility index (Phi) is 5.56. The molecule has 0 saturated carbocycles. The van der Waals surface area contributed by atoms with Gasteiger partial charge in [-0.25, -0.2) is 0 Å². The predicted molar refractivity (Wildman–Crippen MR) is 82.0 cm³/mol. The van der Waals surface area contributed by atoms with Gasteiger partial charge < -0.3 is 10.1 Å². The van der Waals surface area contributed by atoms with Crippen molar-refractivity contribution in [3.8, 4) is 5.75 Å². The summed E-state index contributed by atoms with van der Waals surface area (Å²) in [6.07, 6.45) is 3.86. The number of hydrogen-bond donors (Lipinski definition) is 1. The summed E-state index contributed by atoms with van der Waals surface area (Å²) in [5.41, 5.74) is 2.38. The summed E-state index contributed by atoms with van der Waals surface area (Å²) in [7, 11) is 1.69. The Bertz CT molecular complexity index is 496. The third-order valence-corrected chi connectivity index (χ3v) is 3.30. The molecule has 0 spiro atoms. The molecule has 1 N–H and O–H groups in total. The highest BCUT2D eigenvalue weighted by Gasteiger charge is 2.12. The number of methoxy groups -OCH3 is 1. The molecule has 0 aliphatic heterocycles. The number of ether oxygens (including phenoxy) is 1. The van der Waals surface area contributed by atoms with Crippen molar-refractivity contribution in [1.29, 1.82) is 0 Å². The van der Waals surface area contributed by atoms with Crippen LogP contribution < -0.4 is 10.1 Å². The number of nitrogens with zero attached hydrogens (tertiary/aromatic N) is 1. The van der Waals surface area contributed by atoms with Gasteiger partial charge in [-0.2, -0.15) is 0 Å². The Labute approximate surface area is 121 Å². The number of hydrogen-bond acceptors (Lipinski definition) is 3. The van der Waals surface area contributed by atoms with Gasteiger partial charge in [0.25, 0.3) is 0 Å². The van der Waals surface area contributed by atoms with Gasteiger partial charge in [-0.15, -0.1) is 0 Å². The smallest absolute Gasteiger partial charge is 0.118 e. The topological polar surface area (TPSA) is 34.2 Å². The van der Waals surface area contributed by atoms with Crippen molar-refractivity contribution in [2.24, 2.45) is 0 Å². The highest BCUT2D eigenvalue weighted by Crippen LogP contribution is 2.20. The summed E-state index contributed by atoms with van der Waals surface area (Å²) in [5, 5.41) is 3.59. The Morgan fingerprint density at radius 2 is 1.95 bits per heavy atom. The molecule has 20 heavy (non-hydrogen) atoms. The van der Waals surface area contributed by atoms with Gasteiger partial charge in [0.05, 0.1) is 7.11 Å². The molecule has 1 aromatic carbocycles. The molecule has 0 aliphatic rings. The fourth-order valence-electron chi connectivity index (χ4n) is 2.19. The van der Waals surface area contributed by atoms with Crippen LogP contribution in [0.1, 0.15) is 30.6 Å². The molecule has 2 aromatic rings. The third kappa shape index (κ3) is 4.07. The van der Waals surface area contributed by atoms with Gasteiger partial charge in [-0.1, -0.05) is 25.1 Å². The van der Waals surface area contributed by atoms with Crippen LogP contribution in [0, 0.1) is 0 Å². The maximum absolute atomic E-state index is 5.22. The van der Waals surface area contributed by atoms with E-state index in [0.29, 0.717) is 0 Å². The molecule has 0 fully saturated rings. The zero-order valence-corrected chi connectivity index (χ0v) is 12.2. The van der Waals surface area contributed by atoms with Crippen LogP contribution in [0.3, 0.4) is 0 Å². The zero-order valence-electron chi connectivity index (χ0n) is 12.2. The van der Waals surface area contributed by atoms with Crippen molar-refractivity contribution in [3.05, 3.63) is 59.9 Å². The molecule has 2 rings (SSSR count). The Hall–Kier alpha value is -1.87. The lowest BCUT2D eigenvalue weighted by Gasteiger charge is -2.19. The molecule has 1 aromatic heterocycles. The first kappa shape index (κ1) is 14.5. The second-order valence-electron chi connectivity index (χ2n) is 4.81. The minimum atomic E-state index is 0.288. The Morgan fingerprint density at radius 1 is 1.15 bits per heavy atom. The number of aromatic nitrogens is 1. The summed E-state index contributed by atoms with van der Waals surface area (Å²) in [4.78, 5) is 4.42. The molecule has 0 saturated heterocycles. The van der Waals surface area contributed by atoms with Crippen LogP contribution in [0.4, 0.5) is 0 Å². The fourth-order valence-corrected chi connectivity index (χ4v) is 2.19. The maximum atomic E-state index is 5.22. The summed E-state index contributed by atoms with van der Waals surface area (Å²) in [6, 6.07) is 14.6. The normalized spacial score (nSPS) is 12.1. The van der Waals surface area contributed by atoms with Crippen molar-refractivity contribution < 1.29 is 4.74 Å². The van der Waals surface area contributed by atoms with Crippen LogP contribution in [-0.4, -0.2) is 18.6 Å². The fraction of sp³-hybridized carbons (Fsp3) is 0.353. The van der Waals surface area contributed by atoms with Gasteiger partial charge in [0.2, 0.25) is 0 Å². The van der Waals surface area contributed by atoms with Crippen LogP contribution in [0.15, 0.2) is 48.7 Å². The summed E-state index contributed by atoms with van der Waals surface area (Å²) >= 11 is 0. The van der Waals surface area contributed by atoms with Crippen LogP contribution >= 0.6 is 0 Å². The lowest BCUT2D eigenvalue weighted by atomic mass is 10.0. The standard InChI is InChI=1S/C17H22N2O/c1-3-11-19-17(13-15-6-4-5-12-18-15)14-7-9-16(20-2)10-8-14/h4-10,12,17,19H,3,11,13H2,1-2H3. The van der Waals surface area contributed by atoms with Gasteiger partial charge in [-0.05, 0) is 42.8 Å². The molecule has 0 bridgehead atoms. The Morgan fingerprint density at radius 3 is 2.55 bits per heavy atom. The maximum Gasteiger partial charge on any atom is 0.118 e. The summed E-state index contributed by atoms with van der Waals surface area (Å²) in [6.45, 7) is 3.18. The first-order valence-corrected chi connectivity index (χ1v) is 7.10. The molecule has 1 unspecified atom stereocenters. The molecule has 3 heteroatoms. The molecule has 106 valence electrons. The predicted octanol–water partition coefficient (Wildman–Crippen LogP) is 3.37. The van der Waals surface area contributed by atoms with Crippen molar-refractivity contribution in [1.82, 2.24) is 10.3 Å². The van der Waals surface area contributed by atoms with Crippen molar-refractivity contribution in [2.45, 2.75) is 25.8 Å². The largest absolute Gasteiger partial charge is 0.497 e. The van der Waals surface area contributed by atoms with E-state index in [1.54, 1.807) is 7.11 Å². The number of pyridine rings is 1. The average Bonchev–Trinajstić information content (AvgIpc) is 2.52. The van der Waals surface area contributed by atoms with E-state index in [4.69, 9.17) is 4.74 Å². The average molecular weight is 270 g/mol. The quantitative estimate of drug-likeness (QED) is 0.837. The van der Waals surface area contributed by atoms with Gasteiger partial charge in [0, 0.05) is 24.4 Å².